The van der Waals surface area contributed by atoms with E-state index in [4.69, 9.17) is 0 Å². The van der Waals surface area contributed by atoms with E-state index in [0.29, 0.717) is 0 Å². The largest absolute Gasteiger partial charge is 0.378 e. The monoisotopic (exact) mass is 262 g/mol. The van der Waals surface area contributed by atoms with Crippen LogP contribution >= 0.6 is 0 Å². The summed E-state index contributed by atoms with van der Waals surface area (Å²) in [6, 6.07) is 23.3. The Kier molecular flexibility index (Phi) is 3.30. The molecule has 0 unspecified atom stereocenters. The molecule has 0 amide bonds. The third kappa shape index (κ3) is 2.59. The summed E-state index contributed by atoms with van der Waals surface area (Å²) in [4.78, 5) is 2.10. The SMILES string of the molecule is CN(C)c1ccc(Nc2ccc3ccccc3c2)cc1. The van der Waals surface area contributed by atoms with Crippen LogP contribution in [0.15, 0.2) is 66.7 Å². The quantitative estimate of drug-likeness (QED) is 0.739. The Balaban J connectivity index is 1.85. The molecule has 0 fully saturated rings. The molecule has 20 heavy (non-hydrogen) atoms. The fourth-order valence-corrected chi connectivity index (χ4v) is 2.28. The van der Waals surface area contributed by atoms with Crippen LogP contribution in [-0.2, 0) is 0 Å². The Morgan fingerprint density at radius 3 is 2.05 bits per heavy atom. The van der Waals surface area contributed by atoms with E-state index >= 15 is 0 Å². The molecule has 0 bridgehead atoms. The summed E-state index contributed by atoms with van der Waals surface area (Å²) >= 11 is 0. The number of nitrogens with one attached hydrogen (secondary N) is 1. The molecule has 3 rings (SSSR count). The lowest BCUT2D eigenvalue weighted by Crippen LogP contribution is -2.08. The van der Waals surface area contributed by atoms with Crippen molar-refractivity contribution in [2.24, 2.45) is 0 Å². The first kappa shape index (κ1) is 12.5. The van der Waals surface area contributed by atoms with E-state index in [1.165, 1.54) is 16.5 Å². The molecule has 3 aromatic carbocycles. The highest BCUT2D eigenvalue weighted by atomic mass is 15.1. The van der Waals surface area contributed by atoms with Crippen molar-refractivity contribution in [2.45, 2.75) is 0 Å². The molecule has 2 nitrogen and oxygen atoms in total. The zero-order valence-corrected chi connectivity index (χ0v) is 11.8. The predicted molar refractivity (Wildman–Crippen MR) is 88.0 cm³/mol. The van der Waals surface area contributed by atoms with E-state index in [2.05, 4.69) is 76.9 Å². The average Bonchev–Trinajstić information content (AvgIpc) is 2.48. The number of hydrogen-bond donors (Lipinski definition) is 1. The van der Waals surface area contributed by atoms with Crippen LogP contribution in [-0.4, -0.2) is 14.1 Å². The summed E-state index contributed by atoms with van der Waals surface area (Å²) in [5.74, 6) is 0. The number of rotatable bonds is 3. The van der Waals surface area contributed by atoms with E-state index in [9.17, 15) is 0 Å². The summed E-state index contributed by atoms with van der Waals surface area (Å²) < 4.78 is 0. The topological polar surface area (TPSA) is 15.3 Å². The molecule has 2 heteroatoms. The Hall–Kier alpha value is -2.48. The standard InChI is InChI=1S/C18H18N2/c1-20(2)18-11-9-16(10-12-18)19-17-8-7-14-5-3-4-6-15(14)13-17/h3-13,19H,1-2H3. The molecule has 0 saturated heterocycles. The third-order valence-electron chi connectivity index (χ3n) is 3.42. The summed E-state index contributed by atoms with van der Waals surface area (Å²) in [7, 11) is 4.09. The van der Waals surface area contributed by atoms with Gasteiger partial charge >= 0.3 is 0 Å². The number of hydrogen-bond acceptors (Lipinski definition) is 2. The first-order valence-corrected chi connectivity index (χ1v) is 6.75. The number of anilines is 3. The van der Waals surface area contributed by atoms with Crippen LogP contribution in [0.4, 0.5) is 17.1 Å². The van der Waals surface area contributed by atoms with Crippen LogP contribution in [0.2, 0.25) is 0 Å². The van der Waals surface area contributed by atoms with Gasteiger partial charge in [-0.15, -0.1) is 0 Å². The van der Waals surface area contributed by atoms with Crippen molar-refractivity contribution in [3.63, 3.8) is 0 Å². The molecular formula is C18H18N2. The van der Waals surface area contributed by atoms with Gasteiger partial charge in [0, 0.05) is 31.2 Å². The maximum Gasteiger partial charge on any atom is 0.0390 e. The minimum atomic E-state index is 1.10. The molecular weight excluding hydrogens is 244 g/mol. The Bertz CT molecular complexity index is 715. The van der Waals surface area contributed by atoms with Crippen molar-refractivity contribution in [1.82, 2.24) is 0 Å². The summed E-state index contributed by atoms with van der Waals surface area (Å²) in [5, 5.41) is 5.96. The Labute approximate surface area is 119 Å². The first-order chi connectivity index (χ1) is 9.72. The van der Waals surface area contributed by atoms with Crippen LogP contribution in [0.5, 0.6) is 0 Å². The molecule has 3 aromatic rings. The van der Waals surface area contributed by atoms with Crippen molar-refractivity contribution < 1.29 is 0 Å². The summed E-state index contributed by atoms with van der Waals surface area (Å²) in [5.41, 5.74) is 3.42. The molecule has 100 valence electrons. The fourth-order valence-electron chi connectivity index (χ4n) is 2.28. The van der Waals surface area contributed by atoms with Gasteiger partial charge in [-0.05, 0) is 47.2 Å². The number of nitrogens with zero attached hydrogens (tertiary/aromatic N) is 1. The highest BCUT2D eigenvalue weighted by Crippen LogP contribution is 2.23. The van der Waals surface area contributed by atoms with E-state index in [0.717, 1.165) is 11.4 Å². The van der Waals surface area contributed by atoms with Crippen molar-refractivity contribution in [3.8, 4) is 0 Å². The molecule has 0 spiro atoms. The van der Waals surface area contributed by atoms with Gasteiger partial charge in [-0.3, -0.25) is 0 Å². The van der Waals surface area contributed by atoms with Gasteiger partial charge in [0.05, 0.1) is 0 Å². The smallest absolute Gasteiger partial charge is 0.0390 e. The van der Waals surface area contributed by atoms with Gasteiger partial charge in [-0.25, -0.2) is 0 Å². The average molecular weight is 262 g/mol. The predicted octanol–water partition coefficient (Wildman–Crippen LogP) is 4.65. The first-order valence-electron chi connectivity index (χ1n) is 6.75. The summed E-state index contributed by atoms with van der Waals surface area (Å²) in [6.07, 6.45) is 0. The minimum Gasteiger partial charge on any atom is -0.378 e. The van der Waals surface area contributed by atoms with E-state index in [-0.39, 0.29) is 0 Å². The second-order valence-corrected chi connectivity index (χ2v) is 5.13. The lowest BCUT2D eigenvalue weighted by atomic mass is 10.1. The Morgan fingerprint density at radius 2 is 1.35 bits per heavy atom. The van der Waals surface area contributed by atoms with Crippen LogP contribution in [0, 0.1) is 0 Å². The maximum atomic E-state index is 3.44. The van der Waals surface area contributed by atoms with Crippen LogP contribution in [0.25, 0.3) is 10.8 Å². The fraction of sp³-hybridized carbons (Fsp3) is 0.111. The van der Waals surface area contributed by atoms with Gasteiger partial charge < -0.3 is 10.2 Å². The van der Waals surface area contributed by atoms with Crippen molar-refractivity contribution in [3.05, 3.63) is 66.7 Å². The van der Waals surface area contributed by atoms with Gasteiger partial charge in [0.2, 0.25) is 0 Å². The minimum absolute atomic E-state index is 1.10. The van der Waals surface area contributed by atoms with Gasteiger partial charge in [0.15, 0.2) is 0 Å². The van der Waals surface area contributed by atoms with Crippen molar-refractivity contribution >= 4 is 27.8 Å². The molecule has 0 aliphatic heterocycles. The van der Waals surface area contributed by atoms with Crippen LogP contribution < -0.4 is 10.2 Å². The normalized spacial score (nSPS) is 10.5. The third-order valence-corrected chi connectivity index (χ3v) is 3.42. The molecule has 0 atom stereocenters. The molecule has 0 heterocycles. The molecule has 1 N–H and O–H groups in total. The van der Waals surface area contributed by atoms with E-state index in [1.807, 2.05) is 14.1 Å². The summed E-state index contributed by atoms with van der Waals surface area (Å²) in [6.45, 7) is 0. The van der Waals surface area contributed by atoms with Crippen LogP contribution in [0.3, 0.4) is 0 Å². The second kappa shape index (κ2) is 5.25. The van der Waals surface area contributed by atoms with Gasteiger partial charge in [-0.2, -0.15) is 0 Å². The van der Waals surface area contributed by atoms with Gasteiger partial charge in [-0.1, -0.05) is 30.3 Å². The van der Waals surface area contributed by atoms with Crippen LogP contribution in [0.1, 0.15) is 0 Å². The van der Waals surface area contributed by atoms with Gasteiger partial charge in [0.25, 0.3) is 0 Å². The molecule has 0 saturated carbocycles. The highest BCUT2D eigenvalue weighted by Gasteiger charge is 1.98. The highest BCUT2D eigenvalue weighted by molar-refractivity contribution is 5.86. The number of fused-ring (bicyclic) bond motifs is 1. The lowest BCUT2D eigenvalue weighted by Gasteiger charge is -2.13. The molecule has 0 aliphatic rings. The molecule has 0 aromatic heterocycles. The van der Waals surface area contributed by atoms with Crippen molar-refractivity contribution in [2.75, 3.05) is 24.3 Å². The lowest BCUT2D eigenvalue weighted by molar-refractivity contribution is 1.13. The van der Waals surface area contributed by atoms with Crippen molar-refractivity contribution in [1.29, 1.82) is 0 Å². The van der Waals surface area contributed by atoms with Gasteiger partial charge in [0.1, 0.15) is 0 Å². The number of benzene rings is 3. The maximum absolute atomic E-state index is 3.44. The second-order valence-electron chi connectivity index (χ2n) is 5.13. The zero-order valence-electron chi connectivity index (χ0n) is 11.8. The van der Waals surface area contributed by atoms with E-state index < -0.39 is 0 Å². The Morgan fingerprint density at radius 1 is 0.700 bits per heavy atom. The van der Waals surface area contributed by atoms with E-state index in [1.54, 1.807) is 0 Å². The zero-order chi connectivity index (χ0) is 13.9. The molecule has 0 radical (unpaired) electrons. The molecule has 0 aliphatic carbocycles.